The molecule has 0 aromatic carbocycles. The maximum Gasteiger partial charge on any atom is 0.490 e. The van der Waals surface area contributed by atoms with Crippen LogP contribution in [0.15, 0.2) is 24.5 Å². The van der Waals surface area contributed by atoms with Crippen molar-refractivity contribution in [1.82, 2.24) is 19.5 Å². The number of aliphatic hydroxyl groups excluding tert-OH is 1. The van der Waals surface area contributed by atoms with Crippen LogP contribution >= 0.6 is 23.5 Å². The van der Waals surface area contributed by atoms with Gasteiger partial charge in [0.05, 0.1) is 6.33 Å². The lowest BCUT2D eigenvalue weighted by atomic mass is 10.4. The Labute approximate surface area is 166 Å². The second-order valence-electron chi connectivity index (χ2n) is 5.39. The van der Waals surface area contributed by atoms with Crippen LogP contribution in [0.3, 0.4) is 0 Å². The second kappa shape index (κ2) is 8.07. The SMILES string of the molecule is COP(=O)(O[C@H]1O[C@@H](n2cnc3c(N)ncnc32)C=C1O)OP(=O)(O)OP(=O)(O)O. The van der Waals surface area contributed by atoms with Gasteiger partial charge in [0.1, 0.15) is 17.6 Å². The van der Waals surface area contributed by atoms with Gasteiger partial charge >= 0.3 is 23.5 Å². The highest BCUT2D eigenvalue weighted by Crippen LogP contribution is 2.68. The number of anilines is 1. The van der Waals surface area contributed by atoms with Crippen molar-refractivity contribution in [2.45, 2.75) is 12.5 Å². The number of fused-ring (bicyclic) bond motifs is 1. The van der Waals surface area contributed by atoms with Gasteiger partial charge in [-0.25, -0.2) is 33.2 Å². The first-order valence-corrected chi connectivity index (χ1v) is 12.0. The highest BCUT2D eigenvalue weighted by atomic mass is 31.3. The summed E-state index contributed by atoms with van der Waals surface area (Å²) in [5.41, 5.74) is 6.14. The predicted octanol–water partition coefficient (Wildman–Crippen LogP) is 0.703. The van der Waals surface area contributed by atoms with Gasteiger partial charge in [0.15, 0.2) is 17.7 Å². The first kappa shape index (κ1) is 22.9. The fraction of sp³-hybridized carbons (Fsp3) is 0.300. The number of aromatic nitrogens is 4. The van der Waals surface area contributed by atoms with Gasteiger partial charge < -0.3 is 30.3 Å². The fourth-order valence-electron chi connectivity index (χ4n) is 2.23. The molecular weight excluding hydrogens is 475 g/mol. The molecule has 2 aromatic heterocycles. The van der Waals surface area contributed by atoms with Gasteiger partial charge in [0.25, 0.3) is 0 Å². The lowest BCUT2D eigenvalue weighted by molar-refractivity contribution is -0.109. The summed E-state index contributed by atoms with van der Waals surface area (Å²) in [6.07, 6.45) is 0.567. The maximum atomic E-state index is 12.4. The van der Waals surface area contributed by atoms with E-state index < -0.39 is 41.7 Å². The number of nitrogens with zero attached hydrogens (tertiary/aromatic N) is 4. The molecule has 0 radical (unpaired) electrons. The Morgan fingerprint density at radius 3 is 2.50 bits per heavy atom. The average molecular weight is 489 g/mol. The molecule has 0 saturated heterocycles. The Morgan fingerprint density at radius 2 is 1.87 bits per heavy atom. The molecule has 4 atom stereocenters. The summed E-state index contributed by atoms with van der Waals surface area (Å²) in [6.45, 7) is 0. The van der Waals surface area contributed by atoms with Crippen LogP contribution < -0.4 is 5.73 Å². The number of ether oxygens (including phenoxy) is 1. The number of hydrogen-bond acceptors (Lipinski definition) is 13. The molecular formula is C10H14N5O12P3. The Bertz CT molecular complexity index is 1130. The number of nitrogens with two attached hydrogens (primary N) is 1. The van der Waals surface area contributed by atoms with E-state index >= 15 is 0 Å². The molecule has 0 amide bonds. The zero-order valence-electron chi connectivity index (χ0n) is 14.6. The van der Waals surface area contributed by atoms with Crippen LogP contribution in [0.1, 0.15) is 6.23 Å². The van der Waals surface area contributed by atoms with Crippen LogP contribution in [0.5, 0.6) is 0 Å². The second-order valence-corrected chi connectivity index (χ2v) is 10.1. The molecule has 20 heteroatoms. The smallest absolute Gasteiger partial charge is 0.490 e. The van der Waals surface area contributed by atoms with E-state index in [-0.39, 0.29) is 17.0 Å². The van der Waals surface area contributed by atoms with Gasteiger partial charge in [-0.2, -0.15) is 8.62 Å². The van der Waals surface area contributed by atoms with E-state index in [0.717, 1.165) is 19.5 Å². The predicted molar refractivity (Wildman–Crippen MR) is 94.1 cm³/mol. The monoisotopic (exact) mass is 489 g/mol. The first-order valence-electron chi connectivity index (χ1n) is 7.47. The fourth-order valence-corrected chi connectivity index (χ4v) is 5.60. The topological polar surface area (TPSA) is 248 Å². The Balaban J connectivity index is 1.78. The first-order chi connectivity index (χ1) is 13.8. The van der Waals surface area contributed by atoms with Crippen LogP contribution in [0, 0.1) is 0 Å². The van der Waals surface area contributed by atoms with E-state index in [1.165, 1.54) is 10.9 Å². The van der Waals surface area contributed by atoms with Gasteiger partial charge in [-0.15, -0.1) is 0 Å². The minimum atomic E-state index is -5.61. The van der Waals surface area contributed by atoms with Crippen LogP contribution in [-0.4, -0.2) is 52.7 Å². The molecule has 0 fully saturated rings. The molecule has 3 rings (SSSR count). The van der Waals surface area contributed by atoms with Gasteiger partial charge in [0.2, 0.25) is 6.29 Å². The van der Waals surface area contributed by atoms with Gasteiger partial charge in [-0.3, -0.25) is 9.09 Å². The molecule has 1 aliphatic heterocycles. The lowest BCUT2D eigenvalue weighted by Crippen LogP contribution is -2.17. The highest BCUT2D eigenvalue weighted by molar-refractivity contribution is 7.66. The Morgan fingerprint density at radius 1 is 1.17 bits per heavy atom. The highest BCUT2D eigenvalue weighted by Gasteiger charge is 2.45. The molecule has 6 N–H and O–H groups in total. The molecule has 0 saturated carbocycles. The van der Waals surface area contributed by atoms with Crippen molar-refractivity contribution < 1.29 is 55.9 Å². The third-order valence-corrected chi connectivity index (χ3v) is 7.54. The summed E-state index contributed by atoms with van der Waals surface area (Å²) in [7, 11) is -15.4. The van der Waals surface area contributed by atoms with Crippen molar-refractivity contribution in [3.63, 3.8) is 0 Å². The summed E-state index contributed by atoms with van der Waals surface area (Å²) in [5.74, 6) is -0.563. The van der Waals surface area contributed by atoms with Crippen molar-refractivity contribution in [3.05, 3.63) is 24.5 Å². The number of hydrogen-bond donors (Lipinski definition) is 5. The summed E-state index contributed by atoms with van der Waals surface area (Å²) < 4.78 is 58.2. The summed E-state index contributed by atoms with van der Waals surface area (Å²) in [6, 6.07) is 0. The molecule has 2 aromatic rings. The average Bonchev–Trinajstić information content (AvgIpc) is 3.17. The van der Waals surface area contributed by atoms with Crippen molar-refractivity contribution in [1.29, 1.82) is 0 Å². The lowest BCUT2D eigenvalue weighted by Gasteiger charge is -2.22. The molecule has 2 unspecified atom stereocenters. The summed E-state index contributed by atoms with van der Waals surface area (Å²) >= 11 is 0. The van der Waals surface area contributed by atoms with E-state index in [1.54, 1.807) is 0 Å². The Kier molecular flexibility index (Phi) is 6.17. The zero-order valence-corrected chi connectivity index (χ0v) is 17.3. The van der Waals surface area contributed by atoms with Crippen molar-refractivity contribution in [2.24, 2.45) is 0 Å². The number of rotatable bonds is 8. The van der Waals surface area contributed by atoms with Gasteiger partial charge in [0, 0.05) is 13.2 Å². The number of phosphoric acid groups is 3. The van der Waals surface area contributed by atoms with Crippen LogP contribution in [0.25, 0.3) is 11.2 Å². The quantitative estimate of drug-likeness (QED) is 0.320. The van der Waals surface area contributed by atoms with Crippen LogP contribution in [-0.2, 0) is 36.1 Å². The van der Waals surface area contributed by atoms with Gasteiger partial charge in [-0.1, -0.05) is 0 Å². The number of phosphoric ester groups is 1. The minimum absolute atomic E-state index is 0.0822. The largest absolute Gasteiger partial charge is 0.507 e. The molecule has 0 spiro atoms. The number of aliphatic hydroxyl groups is 1. The van der Waals surface area contributed by atoms with Crippen LogP contribution in [0.2, 0.25) is 0 Å². The van der Waals surface area contributed by atoms with E-state index in [4.69, 9.17) is 24.8 Å². The zero-order chi connectivity index (χ0) is 22.3. The minimum Gasteiger partial charge on any atom is -0.507 e. The number of nitrogen functional groups attached to an aromatic ring is 1. The summed E-state index contributed by atoms with van der Waals surface area (Å²) in [5, 5.41) is 10.0. The van der Waals surface area contributed by atoms with Crippen molar-refractivity contribution in [3.8, 4) is 0 Å². The van der Waals surface area contributed by atoms with Crippen LogP contribution in [0.4, 0.5) is 5.82 Å². The molecule has 166 valence electrons. The van der Waals surface area contributed by atoms with Crippen molar-refractivity contribution >= 4 is 40.4 Å². The maximum absolute atomic E-state index is 12.4. The van der Waals surface area contributed by atoms with E-state index in [0.29, 0.717) is 0 Å². The van der Waals surface area contributed by atoms with E-state index in [9.17, 15) is 23.7 Å². The van der Waals surface area contributed by atoms with E-state index in [1.807, 2.05) is 0 Å². The molecule has 30 heavy (non-hydrogen) atoms. The third kappa shape index (κ3) is 5.11. The van der Waals surface area contributed by atoms with Crippen molar-refractivity contribution in [2.75, 3.05) is 12.8 Å². The molecule has 17 nitrogen and oxygen atoms in total. The molecule has 0 bridgehead atoms. The standard InChI is InChI=1S/C10H14N5O12P3/c1-23-30(22,27-29(20,21)26-28(17,18)19)25-10-5(16)2-6(24-10)15-4-14-7-8(11)12-3-13-9(7)15/h2-4,6,10,16H,1H3,(H,20,21)(H2,11,12,13)(H2,17,18,19)/t6-,10-,30?/m1/s1. The van der Waals surface area contributed by atoms with Gasteiger partial charge in [-0.05, 0) is 0 Å². The number of imidazole rings is 1. The summed E-state index contributed by atoms with van der Waals surface area (Å²) in [4.78, 5) is 38.3. The normalized spacial score (nSPS) is 23.8. The third-order valence-electron chi connectivity index (χ3n) is 3.34. The molecule has 0 aliphatic carbocycles. The molecule has 3 heterocycles. The van der Waals surface area contributed by atoms with E-state index in [2.05, 4.69) is 28.1 Å². The Hall–Kier alpha value is -1.74. The molecule has 1 aliphatic rings.